The summed E-state index contributed by atoms with van der Waals surface area (Å²) in [5.74, 6) is 1.23. The lowest BCUT2D eigenvalue weighted by Crippen LogP contribution is -2.54. The van der Waals surface area contributed by atoms with Crippen LogP contribution in [0.25, 0.3) is 0 Å². The van der Waals surface area contributed by atoms with Gasteiger partial charge in [0.05, 0.1) is 21.3 Å². The summed E-state index contributed by atoms with van der Waals surface area (Å²) in [4.78, 5) is 37.9. The van der Waals surface area contributed by atoms with Gasteiger partial charge in [0.1, 0.15) is 6.04 Å². The number of carbonyl (C=O) groups excluding carboxylic acids is 2. The summed E-state index contributed by atoms with van der Waals surface area (Å²) in [5.41, 5.74) is 0.306. The molecule has 1 N–H and O–H groups in total. The number of aromatic nitrogens is 2. The summed E-state index contributed by atoms with van der Waals surface area (Å²) in [7, 11) is 4.45. The highest BCUT2D eigenvalue weighted by molar-refractivity contribution is 5.98. The van der Waals surface area contributed by atoms with E-state index in [4.69, 9.17) is 14.2 Å². The average Bonchev–Trinajstić information content (AvgIpc) is 2.83. The Balaban J connectivity index is 1.62. The van der Waals surface area contributed by atoms with Crippen LogP contribution in [0, 0.1) is 0 Å². The van der Waals surface area contributed by atoms with Crippen LogP contribution in [0.3, 0.4) is 0 Å². The van der Waals surface area contributed by atoms with E-state index in [-0.39, 0.29) is 5.91 Å². The largest absolute Gasteiger partial charge is 0.493 e. The van der Waals surface area contributed by atoms with Crippen molar-refractivity contribution in [1.29, 1.82) is 0 Å². The molecular weight excluding hydrogens is 402 g/mol. The third-order valence-electron chi connectivity index (χ3n) is 5.07. The predicted octanol–water partition coefficient (Wildman–Crippen LogP) is 0.970. The van der Waals surface area contributed by atoms with E-state index in [2.05, 4.69) is 15.3 Å². The summed E-state index contributed by atoms with van der Waals surface area (Å²) < 4.78 is 15.9. The number of hydrogen-bond donors (Lipinski definition) is 1. The molecule has 3 rings (SSSR count). The number of ether oxygens (including phenoxy) is 3. The number of amides is 2. The Bertz CT molecular complexity index is 891. The van der Waals surface area contributed by atoms with Crippen molar-refractivity contribution in [3.63, 3.8) is 0 Å². The second-order valence-electron chi connectivity index (χ2n) is 6.97. The van der Waals surface area contributed by atoms with E-state index < -0.39 is 11.9 Å². The molecule has 10 heteroatoms. The van der Waals surface area contributed by atoms with Crippen LogP contribution in [0.4, 0.5) is 5.95 Å². The van der Waals surface area contributed by atoms with E-state index >= 15 is 0 Å². The molecule has 2 heterocycles. The molecule has 2 amide bonds. The Hall–Kier alpha value is -3.56. The maximum absolute atomic E-state index is 12.8. The van der Waals surface area contributed by atoms with Gasteiger partial charge in [-0.25, -0.2) is 9.97 Å². The molecule has 166 valence electrons. The normalized spacial score (nSPS) is 14.6. The SMILES string of the molecule is COc1cc(C(=O)N[C@H](C)C(=O)N2CCN(c3ncccn3)CC2)cc(OC)c1OC. The van der Waals surface area contributed by atoms with Crippen LogP contribution in [0.1, 0.15) is 17.3 Å². The standard InChI is InChI=1S/C21H27N5O5/c1-14(20(28)25-8-10-26(11-9-25)21-22-6-5-7-23-21)24-19(27)15-12-16(29-2)18(31-4)17(13-15)30-3/h5-7,12-14H,8-11H2,1-4H3,(H,24,27)/t14-/m1/s1. The van der Waals surface area contributed by atoms with Gasteiger partial charge in [-0.15, -0.1) is 0 Å². The maximum atomic E-state index is 12.8. The monoisotopic (exact) mass is 429 g/mol. The van der Waals surface area contributed by atoms with Crippen LogP contribution >= 0.6 is 0 Å². The minimum Gasteiger partial charge on any atom is -0.493 e. The number of hydrogen-bond acceptors (Lipinski definition) is 8. The van der Waals surface area contributed by atoms with Gasteiger partial charge in [-0.05, 0) is 25.1 Å². The van der Waals surface area contributed by atoms with Crippen LogP contribution in [-0.4, -0.2) is 80.2 Å². The molecule has 1 aliphatic rings. The maximum Gasteiger partial charge on any atom is 0.252 e. The number of carbonyl (C=O) groups is 2. The number of methoxy groups -OCH3 is 3. The zero-order chi connectivity index (χ0) is 22.4. The van der Waals surface area contributed by atoms with Crippen LogP contribution in [-0.2, 0) is 4.79 Å². The first-order valence-corrected chi connectivity index (χ1v) is 9.90. The highest BCUT2D eigenvalue weighted by Crippen LogP contribution is 2.38. The lowest BCUT2D eigenvalue weighted by molar-refractivity contribution is -0.133. The van der Waals surface area contributed by atoms with Crippen LogP contribution in [0.5, 0.6) is 17.2 Å². The van der Waals surface area contributed by atoms with Gasteiger partial charge in [-0.2, -0.15) is 0 Å². The number of benzene rings is 1. The van der Waals surface area contributed by atoms with E-state index in [0.29, 0.717) is 54.9 Å². The lowest BCUT2D eigenvalue weighted by atomic mass is 10.1. The quantitative estimate of drug-likeness (QED) is 0.694. The molecule has 0 unspecified atom stereocenters. The summed E-state index contributed by atoms with van der Waals surface area (Å²) >= 11 is 0. The van der Waals surface area contributed by atoms with Gasteiger partial charge in [-0.3, -0.25) is 9.59 Å². The van der Waals surface area contributed by atoms with Gasteiger partial charge in [0.2, 0.25) is 17.6 Å². The van der Waals surface area contributed by atoms with Gasteiger partial charge < -0.3 is 29.3 Å². The van der Waals surface area contributed by atoms with Gasteiger partial charge in [0.25, 0.3) is 5.91 Å². The summed E-state index contributed by atoms with van der Waals surface area (Å²) in [6.07, 6.45) is 3.39. The predicted molar refractivity (Wildman–Crippen MR) is 114 cm³/mol. The Kier molecular flexibility index (Phi) is 7.11. The molecule has 1 aliphatic heterocycles. The van der Waals surface area contributed by atoms with Crippen molar-refractivity contribution in [2.45, 2.75) is 13.0 Å². The Morgan fingerprint density at radius 3 is 2.06 bits per heavy atom. The smallest absolute Gasteiger partial charge is 0.252 e. The zero-order valence-corrected chi connectivity index (χ0v) is 18.1. The van der Waals surface area contributed by atoms with Crippen molar-refractivity contribution < 1.29 is 23.8 Å². The van der Waals surface area contributed by atoms with Crippen molar-refractivity contribution in [3.05, 3.63) is 36.2 Å². The Labute approximate surface area is 181 Å². The highest BCUT2D eigenvalue weighted by Gasteiger charge is 2.27. The van der Waals surface area contributed by atoms with Gasteiger partial charge >= 0.3 is 0 Å². The average molecular weight is 429 g/mol. The fraction of sp³-hybridized carbons (Fsp3) is 0.429. The molecule has 0 saturated carbocycles. The van der Waals surface area contributed by atoms with Crippen molar-refractivity contribution in [2.24, 2.45) is 0 Å². The van der Waals surface area contributed by atoms with Gasteiger partial charge in [0.15, 0.2) is 11.5 Å². The first-order valence-electron chi connectivity index (χ1n) is 9.90. The van der Waals surface area contributed by atoms with Crippen molar-refractivity contribution in [1.82, 2.24) is 20.2 Å². The van der Waals surface area contributed by atoms with Crippen molar-refractivity contribution >= 4 is 17.8 Å². The van der Waals surface area contributed by atoms with E-state index in [1.165, 1.54) is 21.3 Å². The Morgan fingerprint density at radius 2 is 1.55 bits per heavy atom. The lowest BCUT2D eigenvalue weighted by Gasteiger charge is -2.35. The van der Waals surface area contributed by atoms with Crippen molar-refractivity contribution in [2.75, 3.05) is 52.4 Å². The second kappa shape index (κ2) is 9.96. The Morgan fingerprint density at radius 1 is 0.968 bits per heavy atom. The summed E-state index contributed by atoms with van der Waals surface area (Å²) in [6, 6.07) is 4.17. The first kappa shape index (κ1) is 22.1. The van der Waals surface area contributed by atoms with E-state index in [1.54, 1.807) is 42.4 Å². The fourth-order valence-electron chi connectivity index (χ4n) is 3.41. The van der Waals surface area contributed by atoms with Gasteiger partial charge in [-0.1, -0.05) is 0 Å². The fourth-order valence-corrected chi connectivity index (χ4v) is 3.41. The summed E-state index contributed by atoms with van der Waals surface area (Å²) in [6.45, 7) is 3.99. The van der Waals surface area contributed by atoms with E-state index in [1.807, 2.05) is 4.90 Å². The van der Waals surface area contributed by atoms with Crippen LogP contribution < -0.4 is 24.4 Å². The molecule has 0 bridgehead atoms. The summed E-state index contributed by atoms with van der Waals surface area (Å²) in [5, 5.41) is 2.76. The van der Waals surface area contributed by atoms with Crippen LogP contribution in [0.15, 0.2) is 30.6 Å². The number of nitrogens with zero attached hydrogens (tertiary/aromatic N) is 4. The molecule has 1 atom stereocenters. The second-order valence-corrected chi connectivity index (χ2v) is 6.97. The number of piperazine rings is 1. The molecule has 1 saturated heterocycles. The minimum absolute atomic E-state index is 0.144. The molecule has 2 aromatic rings. The number of anilines is 1. The van der Waals surface area contributed by atoms with Gasteiger partial charge in [0, 0.05) is 44.1 Å². The molecule has 1 fully saturated rings. The zero-order valence-electron chi connectivity index (χ0n) is 18.1. The third kappa shape index (κ3) is 4.96. The van der Waals surface area contributed by atoms with Crippen molar-refractivity contribution in [3.8, 4) is 17.2 Å². The van der Waals surface area contributed by atoms with E-state index in [9.17, 15) is 9.59 Å². The molecule has 1 aromatic carbocycles. The highest BCUT2D eigenvalue weighted by atomic mass is 16.5. The molecule has 0 radical (unpaired) electrons. The first-order chi connectivity index (χ1) is 15.0. The van der Waals surface area contributed by atoms with Crippen LogP contribution in [0.2, 0.25) is 0 Å². The molecule has 0 aliphatic carbocycles. The number of rotatable bonds is 7. The molecular formula is C21H27N5O5. The molecule has 10 nitrogen and oxygen atoms in total. The third-order valence-corrected chi connectivity index (χ3v) is 5.07. The topological polar surface area (TPSA) is 106 Å². The minimum atomic E-state index is -0.689. The van der Waals surface area contributed by atoms with E-state index in [0.717, 1.165) is 0 Å². The molecule has 1 aromatic heterocycles. The number of nitrogens with one attached hydrogen (secondary N) is 1. The molecule has 0 spiro atoms. The molecule has 31 heavy (non-hydrogen) atoms.